The Morgan fingerprint density at radius 2 is 2.04 bits per heavy atom. The average Bonchev–Trinajstić information content (AvgIpc) is 3.32. The second-order valence-electron chi connectivity index (χ2n) is 7.09. The highest BCUT2D eigenvalue weighted by Crippen LogP contribution is 2.31. The molecule has 1 atom stereocenters. The van der Waals surface area contributed by atoms with Crippen LogP contribution in [0.4, 0.5) is 0 Å². The number of aryl methyl sites for hydroxylation is 1. The third-order valence-corrected chi connectivity index (χ3v) is 5.01. The van der Waals surface area contributed by atoms with Gasteiger partial charge in [0.15, 0.2) is 0 Å². The zero-order valence-corrected chi connectivity index (χ0v) is 14.4. The van der Waals surface area contributed by atoms with Gasteiger partial charge in [0.2, 0.25) is 0 Å². The van der Waals surface area contributed by atoms with Crippen molar-refractivity contribution in [2.45, 2.75) is 45.3 Å². The van der Waals surface area contributed by atoms with E-state index in [-0.39, 0.29) is 0 Å². The minimum absolute atomic E-state index is 0.426. The van der Waals surface area contributed by atoms with Crippen LogP contribution in [-0.2, 0) is 24.4 Å². The molecule has 24 heavy (non-hydrogen) atoms. The SMILES string of the molecule is CCn1cc2c(n1)CN(Cc1ccncc1)C[C@H]2COCC1CC1. The van der Waals surface area contributed by atoms with Crippen molar-refractivity contribution in [1.82, 2.24) is 19.7 Å². The molecule has 0 spiro atoms. The molecule has 0 unspecified atom stereocenters. The third kappa shape index (κ3) is 3.68. The molecule has 128 valence electrons. The van der Waals surface area contributed by atoms with E-state index >= 15 is 0 Å². The zero-order valence-electron chi connectivity index (χ0n) is 14.4. The number of rotatable bonds is 7. The fraction of sp³-hybridized carbons (Fsp3) is 0.579. The Labute approximate surface area is 143 Å². The molecule has 4 rings (SSSR count). The van der Waals surface area contributed by atoms with Gasteiger partial charge >= 0.3 is 0 Å². The van der Waals surface area contributed by atoms with Crippen LogP contribution >= 0.6 is 0 Å². The lowest BCUT2D eigenvalue weighted by atomic mass is 9.95. The van der Waals surface area contributed by atoms with Crippen molar-refractivity contribution in [2.75, 3.05) is 19.8 Å². The molecule has 2 aliphatic rings. The number of fused-ring (bicyclic) bond motifs is 1. The van der Waals surface area contributed by atoms with Crippen molar-refractivity contribution in [2.24, 2.45) is 5.92 Å². The smallest absolute Gasteiger partial charge is 0.0801 e. The van der Waals surface area contributed by atoms with Gasteiger partial charge in [-0.15, -0.1) is 0 Å². The zero-order chi connectivity index (χ0) is 16.4. The van der Waals surface area contributed by atoms with Crippen LogP contribution in [0.1, 0.15) is 42.5 Å². The fourth-order valence-corrected chi connectivity index (χ4v) is 3.46. The molecule has 3 heterocycles. The first-order chi connectivity index (χ1) is 11.8. The first kappa shape index (κ1) is 15.8. The topological polar surface area (TPSA) is 43.2 Å². The van der Waals surface area contributed by atoms with E-state index in [2.05, 4.69) is 39.8 Å². The molecule has 1 aliphatic heterocycles. The molecule has 0 saturated heterocycles. The van der Waals surface area contributed by atoms with Gasteiger partial charge in [-0.3, -0.25) is 14.6 Å². The lowest BCUT2D eigenvalue weighted by Crippen LogP contribution is -2.34. The van der Waals surface area contributed by atoms with E-state index in [1.807, 2.05) is 12.4 Å². The molecule has 1 saturated carbocycles. The lowest BCUT2D eigenvalue weighted by Gasteiger charge is -2.32. The molecule has 0 aromatic carbocycles. The number of ether oxygens (including phenoxy) is 1. The number of hydrogen-bond donors (Lipinski definition) is 0. The summed E-state index contributed by atoms with van der Waals surface area (Å²) < 4.78 is 8.09. The maximum atomic E-state index is 6.02. The maximum Gasteiger partial charge on any atom is 0.0801 e. The van der Waals surface area contributed by atoms with Gasteiger partial charge in [0.25, 0.3) is 0 Å². The first-order valence-corrected chi connectivity index (χ1v) is 9.07. The van der Waals surface area contributed by atoms with Crippen LogP contribution in [0.5, 0.6) is 0 Å². The molecule has 2 aromatic rings. The van der Waals surface area contributed by atoms with Crippen LogP contribution in [0.15, 0.2) is 30.7 Å². The highest BCUT2D eigenvalue weighted by Gasteiger charge is 2.29. The average molecular weight is 326 g/mol. The van der Waals surface area contributed by atoms with Crippen LogP contribution in [-0.4, -0.2) is 39.4 Å². The monoisotopic (exact) mass is 326 g/mol. The van der Waals surface area contributed by atoms with E-state index in [0.717, 1.165) is 45.3 Å². The van der Waals surface area contributed by atoms with Crippen LogP contribution in [0.2, 0.25) is 0 Å². The number of aromatic nitrogens is 3. The normalized spacial score (nSPS) is 21.0. The summed E-state index contributed by atoms with van der Waals surface area (Å²) in [4.78, 5) is 6.59. The minimum atomic E-state index is 0.426. The molecule has 0 radical (unpaired) electrons. The molecule has 2 aromatic heterocycles. The van der Waals surface area contributed by atoms with Gasteiger partial charge in [-0.05, 0) is 43.4 Å². The summed E-state index contributed by atoms with van der Waals surface area (Å²) in [6.45, 7) is 7.71. The van der Waals surface area contributed by atoms with Crippen LogP contribution in [0.3, 0.4) is 0 Å². The van der Waals surface area contributed by atoms with Crippen LogP contribution in [0.25, 0.3) is 0 Å². The van der Waals surface area contributed by atoms with Crippen molar-refractivity contribution in [1.29, 1.82) is 0 Å². The fourth-order valence-electron chi connectivity index (χ4n) is 3.46. The number of nitrogens with zero attached hydrogens (tertiary/aromatic N) is 4. The Bertz CT molecular complexity index is 665. The van der Waals surface area contributed by atoms with Gasteiger partial charge in [-0.2, -0.15) is 5.10 Å². The predicted octanol–water partition coefficient (Wildman–Crippen LogP) is 2.82. The van der Waals surface area contributed by atoms with Gasteiger partial charge < -0.3 is 4.74 Å². The summed E-state index contributed by atoms with van der Waals surface area (Å²) in [6.07, 6.45) is 8.65. The molecular weight excluding hydrogens is 300 g/mol. The van der Waals surface area contributed by atoms with Gasteiger partial charge in [0.1, 0.15) is 0 Å². The molecular formula is C19H26N4O. The van der Waals surface area contributed by atoms with Crippen molar-refractivity contribution < 1.29 is 4.74 Å². The Morgan fingerprint density at radius 3 is 2.79 bits per heavy atom. The standard InChI is InChI=1S/C19H26N4O/c1-2-23-11-18-17(14-24-13-16-3-4-16)10-22(12-19(18)21-23)9-15-5-7-20-8-6-15/h5-8,11,16-17H,2-4,9-10,12-14H2,1H3/t17-/m0/s1. The van der Waals surface area contributed by atoms with E-state index in [4.69, 9.17) is 9.84 Å². The highest BCUT2D eigenvalue weighted by atomic mass is 16.5. The number of hydrogen-bond acceptors (Lipinski definition) is 4. The Kier molecular flexibility index (Phi) is 4.63. The molecule has 0 bridgehead atoms. The van der Waals surface area contributed by atoms with E-state index in [1.165, 1.54) is 29.7 Å². The van der Waals surface area contributed by atoms with Crippen molar-refractivity contribution in [3.63, 3.8) is 0 Å². The molecule has 5 heteroatoms. The molecule has 1 fully saturated rings. The van der Waals surface area contributed by atoms with Gasteiger partial charge in [-0.1, -0.05) is 0 Å². The van der Waals surface area contributed by atoms with Crippen molar-refractivity contribution in [3.05, 3.63) is 47.5 Å². The third-order valence-electron chi connectivity index (χ3n) is 5.01. The molecule has 5 nitrogen and oxygen atoms in total. The van der Waals surface area contributed by atoms with Crippen LogP contribution < -0.4 is 0 Å². The summed E-state index contributed by atoms with van der Waals surface area (Å²) in [5.41, 5.74) is 3.91. The maximum absolute atomic E-state index is 6.02. The highest BCUT2D eigenvalue weighted by molar-refractivity contribution is 5.26. The summed E-state index contributed by atoms with van der Waals surface area (Å²) in [5.74, 6) is 1.24. The van der Waals surface area contributed by atoms with Gasteiger partial charge in [0, 0.05) is 62.9 Å². The van der Waals surface area contributed by atoms with E-state index in [0.29, 0.717) is 5.92 Å². The van der Waals surface area contributed by atoms with Crippen LogP contribution in [0, 0.1) is 5.92 Å². The summed E-state index contributed by atoms with van der Waals surface area (Å²) in [6, 6.07) is 4.19. The predicted molar refractivity (Wildman–Crippen MR) is 92.5 cm³/mol. The molecule has 0 amide bonds. The minimum Gasteiger partial charge on any atom is -0.380 e. The Morgan fingerprint density at radius 1 is 1.21 bits per heavy atom. The Balaban J connectivity index is 1.47. The second kappa shape index (κ2) is 7.03. The molecule has 1 aliphatic carbocycles. The van der Waals surface area contributed by atoms with E-state index in [1.54, 1.807) is 0 Å². The van der Waals surface area contributed by atoms with Gasteiger partial charge in [-0.25, -0.2) is 0 Å². The summed E-state index contributed by atoms with van der Waals surface area (Å²) in [7, 11) is 0. The quantitative estimate of drug-likeness (QED) is 0.785. The largest absolute Gasteiger partial charge is 0.380 e. The van der Waals surface area contributed by atoms with E-state index in [9.17, 15) is 0 Å². The first-order valence-electron chi connectivity index (χ1n) is 9.07. The van der Waals surface area contributed by atoms with Gasteiger partial charge in [0.05, 0.1) is 12.3 Å². The van der Waals surface area contributed by atoms with Crippen molar-refractivity contribution in [3.8, 4) is 0 Å². The van der Waals surface area contributed by atoms with E-state index < -0.39 is 0 Å². The lowest BCUT2D eigenvalue weighted by molar-refractivity contribution is 0.0890. The summed E-state index contributed by atoms with van der Waals surface area (Å²) >= 11 is 0. The Hall–Kier alpha value is -1.72. The second-order valence-corrected chi connectivity index (χ2v) is 7.09. The van der Waals surface area contributed by atoms with Crippen molar-refractivity contribution >= 4 is 0 Å². The summed E-state index contributed by atoms with van der Waals surface area (Å²) in [5, 5.41) is 4.77. The number of pyridine rings is 1. The molecule has 0 N–H and O–H groups in total.